The summed E-state index contributed by atoms with van der Waals surface area (Å²) in [5.74, 6) is 1.25. The molecule has 0 aromatic carbocycles. The van der Waals surface area contributed by atoms with E-state index in [1.807, 2.05) is 0 Å². The first kappa shape index (κ1) is 17.7. The highest BCUT2D eigenvalue weighted by molar-refractivity contribution is 9.09. The van der Waals surface area contributed by atoms with Crippen LogP contribution in [0, 0.1) is 11.8 Å². The van der Waals surface area contributed by atoms with Gasteiger partial charge in [-0.3, -0.25) is 0 Å². The molecule has 0 aromatic heterocycles. The van der Waals surface area contributed by atoms with Crippen molar-refractivity contribution in [1.29, 1.82) is 0 Å². The van der Waals surface area contributed by atoms with Gasteiger partial charge in [0.2, 0.25) is 0 Å². The summed E-state index contributed by atoms with van der Waals surface area (Å²) in [6, 6.07) is 0. The van der Waals surface area contributed by atoms with Crippen LogP contribution in [0.25, 0.3) is 0 Å². The molecule has 2 fully saturated rings. The minimum Gasteiger partial charge on any atom is -0.416 e. The van der Waals surface area contributed by atoms with E-state index in [1.54, 1.807) is 0 Å². The fourth-order valence-electron chi connectivity index (χ4n) is 3.27. The number of rotatable bonds is 6. The topological polar surface area (TPSA) is 18.5 Å². The maximum Gasteiger partial charge on any atom is 0.191 e. The molecule has 0 unspecified atom stereocenters. The molecule has 2 bridgehead atoms. The Kier molecular flexibility index (Phi) is 5.78. The van der Waals surface area contributed by atoms with Gasteiger partial charge in [0.15, 0.2) is 8.32 Å². The van der Waals surface area contributed by atoms with Crippen LogP contribution in [0.4, 0.5) is 0 Å². The summed E-state index contributed by atoms with van der Waals surface area (Å²) in [6.07, 6.45) is 9.05. The molecule has 2 aliphatic heterocycles. The van der Waals surface area contributed by atoms with Gasteiger partial charge in [0.05, 0.1) is 12.2 Å². The van der Waals surface area contributed by atoms with E-state index in [4.69, 9.17) is 9.16 Å². The van der Waals surface area contributed by atoms with Crippen LogP contribution < -0.4 is 0 Å². The van der Waals surface area contributed by atoms with Gasteiger partial charge in [0.25, 0.3) is 0 Å². The highest BCUT2D eigenvalue weighted by Crippen LogP contribution is 2.46. The number of ether oxygens (including phenoxy) is 1. The number of alkyl halides is 1. The summed E-state index contributed by atoms with van der Waals surface area (Å²) < 4.78 is 12.7. The van der Waals surface area contributed by atoms with E-state index in [0.717, 1.165) is 18.4 Å². The number of allylic oxidation sites excluding steroid dienone is 2. The lowest BCUT2D eigenvalue weighted by molar-refractivity contribution is 0.0797. The number of hydrogen-bond acceptors (Lipinski definition) is 2. The molecule has 0 amide bonds. The number of halogens is 1. The first-order valence-electron chi connectivity index (χ1n) is 8.26. The molecule has 0 aromatic rings. The van der Waals surface area contributed by atoms with Crippen molar-refractivity contribution in [3.8, 4) is 0 Å². The Morgan fingerprint density at radius 3 is 2.33 bits per heavy atom. The van der Waals surface area contributed by atoms with Crippen molar-refractivity contribution < 1.29 is 9.16 Å². The maximum atomic E-state index is 6.49. The van der Waals surface area contributed by atoms with E-state index in [1.165, 1.54) is 12.8 Å². The van der Waals surface area contributed by atoms with Crippen LogP contribution in [0.15, 0.2) is 12.2 Å². The van der Waals surface area contributed by atoms with Gasteiger partial charge in [0, 0.05) is 17.9 Å². The molecule has 21 heavy (non-hydrogen) atoms. The minimum absolute atomic E-state index is 0.289. The lowest BCUT2D eigenvalue weighted by atomic mass is 9.78. The van der Waals surface area contributed by atoms with Crippen LogP contribution in [0.2, 0.25) is 18.1 Å². The molecule has 2 aliphatic rings. The highest BCUT2D eigenvalue weighted by Gasteiger charge is 2.49. The molecule has 0 aliphatic carbocycles. The predicted octanol–water partition coefficient (Wildman–Crippen LogP) is 5.14. The third kappa shape index (κ3) is 4.01. The van der Waals surface area contributed by atoms with Crippen molar-refractivity contribution in [2.45, 2.75) is 70.4 Å². The van der Waals surface area contributed by atoms with E-state index in [-0.39, 0.29) is 5.04 Å². The number of hydrogen-bond donors (Lipinski definition) is 0. The SMILES string of the molecule is CC(C)(C)[Si](C)(C)OC[C@H]1[C@@H](C/C=C/CBr)[C@@H]2CC[C@H]1O2. The zero-order valence-electron chi connectivity index (χ0n) is 14.2. The minimum atomic E-state index is -1.65. The van der Waals surface area contributed by atoms with Crippen molar-refractivity contribution in [1.82, 2.24) is 0 Å². The van der Waals surface area contributed by atoms with Gasteiger partial charge in [-0.25, -0.2) is 0 Å². The second kappa shape index (κ2) is 6.86. The van der Waals surface area contributed by atoms with Gasteiger partial charge in [-0.1, -0.05) is 48.9 Å². The van der Waals surface area contributed by atoms with E-state index in [2.05, 4.69) is 61.9 Å². The normalized spacial score (nSPS) is 33.2. The smallest absolute Gasteiger partial charge is 0.191 e. The summed E-state index contributed by atoms with van der Waals surface area (Å²) in [4.78, 5) is 0. The third-order valence-corrected chi connectivity index (χ3v) is 10.6. The fraction of sp³-hybridized carbons (Fsp3) is 0.882. The van der Waals surface area contributed by atoms with E-state index < -0.39 is 8.32 Å². The lowest BCUT2D eigenvalue weighted by Crippen LogP contribution is -2.43. The van der Waals surface area contributed by atoms with Crippen molar-refractivity contribution in [3.05, 3.63) is 12.2 Å². The standard InChI is InChI=1S/C17H31BrO2Si/c1-17(2,3)21(4,5)19-12-14-13(8-6-7-11-18)15-9-10-16(14)20-15/h6-7,13-16H,8-12H2,1-5H3/b7-6+/t13-,14+,15+,16-/m1/s1. The molecular formula is C17H31BrO2Si. The van der Waals surface area contributed by atoms with Gasteiger partial charge >= 0.3 is 0 Å². The van der Waals surface area contributed by atoms with E-state index in [9.17, 15) is 0 Å². The molecule has 4 atom stereocenters. The molecule has 2 nitrogen and oxygen atoms in total. The van der Waals surface area contributed by atoms with Gasteiger partial charge in [0.1, 0.15) is 0 Å². The van der Waals surface area contributed by atoms with Gasteiger partial charge < -0.3 is 9.16 Å². The third-order valence-electron chi connectivity index (χ3n) is 5.70. The summed E-state index contributed by atoms with van der Waals surface area (Å²) in [5.41, 5.74) is 0. The Bertz CT molecular complexity index is 375. The average molecular weight is 375 g/mol. The first-order valence-corrected chi connectivity index (χ1v) is 12.3. The Morgan fingerprint density at radius 1 is 1.14 bits per heavy atom. The van der Waals surface area contributed by atoms with Crippen molar-refractivity contribution >= 4 is 24.2 Å². The van der Waals surface area contributed by atoms with Crippen LogP contribution >= 0.6 is 15.9 Å². The summed E-state index contributed by atoms with van der Waals surface area (Å²) >= 11 is 3.46. The van der Waals surface area contributed by atoms with Crippen molar-refractivity contribution in [3.63, 3.8) is 0 Å². The van der Waals surface area contributed by atoms with Crippen molar-refractivity contribution in [2.24, 2.45) is 11.8 Å². The Morgan fingerprint density at radius 2 is 1.76 bits per heavy atom. The molecule has 0 saturated carbocycles. The largest absolute Gasteiger partial charge is 0.416 e. The van der Waals surface area contributed by atoms with Crippen LogP contribution in [0.3, 0.4) is 0 Å². The zero-order chi connectivity index (χ0) is 15.7. The molecule has 122 valence electrons. The highest BCUT2D eigenvalue weighted by atomic mass is 79.9. The van der Waals surface area contributed by atoms with E-state index in [0.29, 0.717) is 24.0 Å². The van der Waals surface area contributed by atoms with Crippen LogP contribution in [0.1, 0.15) is 40.0 Å². The molecule has 0 radical (unpaired) electrons. The maximum absolute atomic E-state index is 6.49. The summed E-state index contributed by atoms with van der Waals surface area (Å²) in [7, 11) is -1.65. The molecule has 0 spiro atoms. The quantitative estimate of drug-likeness (QED) is 0.363. The average Bonchev–Trinajstić information content (AvgIpc) is 2.96. The van der Waals surface area contributed by atoms with Crippen LogP contribution in [-0.4, -0.2) is 32.5 Å². The predicted molar refractivity (Wildman–Crippen MR) is 95.6 cm³/mol. The molecule has 4 heteroatoms. The Balaban J connectivity index is 1.95. The van der Waals surface area contributed by atoms with E-state index >= 15 is 0 Å². The van der Waals surface area contributed by atoms with Gasteiger partial charge in [-0.15, -0.1) is 0 Å². The molecule has 2 saturated heterocycles. The fourth-order valence-corrected chi connectivity index (χ4v) is 4.57. The second-order valence-electron chi connectivity index (χ2n) is 8.05. The molecule has 0 N–H and O–H groups in total. The summed E-state index contributed by atoms with van der Waals surface area (Å²) in [5, 5.41) is 1.23. The Labute approximate surface area is 139 Å². The monoisotopic (exact) mass is 374 g/mol. The molecule has 2 rings (SSSR count). The molecule has 2 heterocycles. The van der Waals surface area contributed by atoms with Crippen LogP contribution in [-0.2, 0) is 9.16 Å². The Hall–Kier alpha value is 0.357. The lowest BCUT2D eigenvalue weighted by Gasteiger charge is -2.38. The molecular weight excluding hydrogens is 344 g/mol. The van der Waals surface area contributed by atoms with Crippen molar-refractivity contribution in [2.75, 3.05) is 11.9 Å². The van der Waals surface area contributed by atoms with Gasteiger partial charge in [-0.2, -0.15) is 0 Å². The zero-order valence-corrected chi connectivity index (χ0v) is 16.8. The van der Waals surface area contributed by atoms with Gasteiger partial charge in [-0.05, 0) is 43.3 Å². The second-order valence-corrected chi connectivity index (χ2v) is 13.5. The summed E-state index contributed by atoms with van der Waals surface area (Å²) in [6.45, 7) is 12.5. The van der Waals surface area contributed by atoms with Crippen LogP contribution in [0.5, 0.6) is 0 Å². The first-order chi connectivity index (χ1) is 9.76. The number of fused-ring (bicyclic) bond motifs is 2.